The van der Waals surface area contributed by atoms with Crippen molar-refractivity contribution in [2.45, 2.75) is 0 Å². The molecule has 2 heteroatoms. The van der Waals surface area contributed by atoms with Crippen LogP contribution in [0.15, 0.2) is 303 Å². The predicted octanol–water partition coefficient (Wildman–Crippen LogP) is 12.4. The Hall–Kier alpha value is -8.67. The van der Waals surface area contributed by atoms with Gasteiger partial charge in [0, 0.05) is 0 Å². The number of fused-ring (bicyclic) bond motifs is 4. The Morgan fingerprint density at radius 2 is 0.347 bits per heavy atom. The van der Waals surface area contributed by atoms with E-state index in [1.165, 1.54) is 107 Å². The SMILES string of the molecule is c1ccc([Si](c2ccccc2)(c2ccccc2)c2ccc(-c3c4ccccc4c(-c4ccc([Si](c5ccccc5)(c5ccccc5)c5ccccc5)c5ccccc45)c4ccccc34)c3ccccc23)cc1. The first-order chi connectivity index (χ1) is 35.8. The van der Waals surface area contributed by atoms with Crippen LogP contribution in [-0.4, -0.2) is 16.1 Å². The summed E-state index contributed by atoms with van der Waals surface area (Å²) in [7, 11) is -5.71. The maximum absolute atomic E-state index is 2.86. The average Bonchev–Trinajstić information content (AvgIpc) is 3.47. The average molecular weight is 947 g/mol. The summed E-state index contributed by atoms with van der Waals surface area (Å²) in [5, 5.41) is 21.1. The zero-order chi connectivity index (χ0) is 47.9. The standard InChI is InChI=1S/C70H50Si2/c1-7-27-51(28-8-1)71(52-29-9-2-10-30-52,53-31-11-3-12-32-53)67-49-47-65(57-39-19-21-41-59(57)67)69-61-43-23-25-45-63(61)70(64-46-26-24-44-62(64)69)66-48-50-68(60-42-22-20-40-58(60)66)72(54-33-13-4-14-34-54,55-35-15-5-16-36-55)56-37-17-6-18-38-56/h1-50H. The van der Waals surface area contributed by atoms with Gasteiger partial charge >= 0.3 is 0 Å². The van der Waals surface area contributed by atoms with Gasteiger partial charge < -0.3 is 0 Å². The normalized spacial score (nSPS) is 11.9. The van der Waals surface area contributed by atoms with E-state index < -0.39 is 16.1 Å². The van der Waals surface area contributed by atoms with Crippen molar-refractivity contribution < 1.29 is 0 Å². The number of hydrogen-bond acceptors (Lipinski definition) is 0. The second kappa shape index (κ2) is 18.3. The summed E-state index contributed by atoms with van der Waals surface area (Å²) in [6.45, 7) is 0. The molecule has 338 valence electrons. The summed E-state index contributed by atoms with van der Waals surface area (Å²) < 4.78 is 0. The maximum Gasteiger partial charge on any atom is 0.180 e. The molecule has 0 heterocycles. The van der Waals surface area contributed by atoms with Crippen LogP contribution in [0, 0.1) is 0 Å². The van der Waals surface area contributed by atoms with Crippen LogP contribution in [0.25, 0.3) is 65.3 Å². The van der Waals surface area contributed by atoms with Crippen LogP contribution in [-0.2, 0) is 0 Å². The van der Waals surface area contributed by atoms with Gasteiger partial charge in [-0.2, -0.15) is 0 Å². The second-order valence-corrected chi connectivity index (χ2v) is 26.5. The summed E-state index contributed by atoms with van der Waals surface area (Å²) in [6.07, 6.45) is 0. The van der Waals surface area contributed by atoms with Gasteiger partial charge in [-0.25, -0.2) is 0 Å². The third kappa shape index (κ3) is 6.79. The molecule has 0 fully saturated rings. The van der Waals surface area contributed by atoms with Crippen LogP contribution < -0.4 is 41.5 Å². The van der Waals surface area contributed by atoms with Crippen molar-refractivity contribution in [1.29, 1.82) is 0 Å². The highest BCUT2D eigenvalue weighted by molar-refractivity contribution is 7.21. The van der Waals surface area contributed by atoms with Gasteiger partial charge in [-0.1, -0.05) is 303 Å². The molecule has 13 rings (SSSR count). The second-order valence-electron chi connectivity index (χ2n) is 18.9. The van der Waals surface area contributed by atoms with Crippen molar-refractivity contribution in [3.8, 4) is 22.3 Å². The zero-order valence-corrected chi connectivity index (χ0v) is 41.9. The monoisotopic (exact) mass is 946 g/mol. The van der Waals surface area contributed by atoms with Crippen LogP contribution in [0.3, 0.4) is 0 Å². The van der Waals surface area contributed by atoms with Gasteiger partial charge in [0.25, 0.3) is 0 Å². The molecule has 0 saturated carbocycles. The summed E-state index contributed by atoms with van der Waals surface area (Å²) >= 11 is 0. The fourth-order valence-corrected chi connectivity index (χ4v) is 22.4. The van der Waals surface area contributed by atoms with E-state index in [2.05, 4.69) is 303 Å². The summed E-state index contributed by atoms with van der Waals surface area (Å²) in [4.78, 5) is 0. The third-order valence-electron chi connectivity index (χ3n) is 15.4. The Labute approximate surface area is 423 Å². The van der Waals surface area contributed by atoms with Gasteiger partial charge in [0.05, 0.1) is 0 Å². The van der Waals surface area contributed by atoms with Crippen molar-refractivity contribution in [2.24, 2.45) is 0 Å². The quantitative estimate of drug-likeness (QED) is 0.0728. The summed E-state index contributed by atoms with van der Waals surface area (Å²) in [5.74, 6) is 0. The predicted molar refractivity (Wildman–Crippen MR) is 315 cm³/mol. The van der Waals surface area contributed by atoms with Crippen LogP contribution in [0.1, 0.15) is 0 Å². The lowest BCUT2D eigenvalue weighted by Gasteiger charge is -2.36. The lowest BCUT2D eigenvalue weighted by Crippen LogP contribution is -2.74. The lowest BCUT2D eigenvalue weighted by atomic mass is 9.84. The van der Waals surface area contributed by atoms with Crippen LogP contribution in [0.5, 0.6) is 0 Å². The minimum absolute atomic E-state index is 1.25. The Kier molecular flexibility index (Phi) is 11.0. The first-order valence-electron chi connectivity index (χ1n) is 25.1. The Bertz CT molecular complexity index is 3540. The Balaban J connectivity index is 1.09. The molecule has 0 aliphatic rings. The van der Waals surface area contributed by atoms with E-state index in [-0.39, 0.29) is 0 Å². The molecular formula is C70H50Si2. The maximum atomic E-state index is 2.49. The summed E-state index contributed by atoms with van der Waals surface area (Å²) in [5.41, 5.74) is 5.03. The van der Waals surface area contributed by atoms with Crippen molar-refractivity contribution in [1.82, 2.24) is 0 Å². The van der Waals surface area contributed by atoms with Gasteiger partial charge in [0.2, 0.25) is 0 Å². The van der Waals surface area contributed by atoms with E-state index in [1.807, 2.05) is 0 Å². The molecule has 0 saturated heterocycles. The van der Waals surface area contributed by atoms with E-state index in [0.29, 0.717) is 0 Å². The molecule has 0 bridgehead atoms. The molecule has 13 aromatic rings. The largest absolute Gasteiger partial charge is 0.180 e. The van der Waals surface area contributed by atoms with Crippen molar-refractivity contribution in [2.75, 3.05) is 0 Å². The highest BCUT2D eigenvalue weighted by atomic mass is 28.3. The number of benzene rings is 13. The Morgan fingerprint density at radius 1 is 0.153 bits per heavy atom. The van der Waals surface area contributed by atoms with Gasteiger partial charge in [0.1, 0.15) is 0 Å². The van der Waals surface area contributed by atoms with Crippen LogP contribution in [0.4, 0.5) is 0 Å². The molecule has 0 amide bonds. The fourth-order valence-electron chi connectivity index (χ4n) is 12.5. The topological polar surface area (TPSA) is 0 Å². The van der Waals surface area contributed by atoms with Crippen molar-refractivity contribution in [3.05, 3.63) is 303 Å². The zero-order valence-electron chi connectivity index (χ0n) is 39.9. The van der Waals surface area contributed by atoms with Gasteiger partial charge in [-0.05, 0) is 107 Å². The highest BCUT2D eigenvalue weighted by Gasteiger charge is 2.44. The van der Waals surface area contributed by atoms with Gasteiger partial charge in [-0.3, -0.25) is 0 Å². The molecule has 0 radical (unpaired) electrons. The number of hydrogen-bond donors (Lipinski definition) is 0. The molecule has 0 aliphatic heterocycles. The molecule has 0 aliphatic carbocycles. The van der Waals surface area contributed by atoms with Crippen molar-refractivity contribution in [3.63, 3.8) is 0 Å². The molecule has 0 atom stereocenters. The molecule has 0 aromatic heterocycles. The molecule has 0 unspecified atom stereocenters. The molecule has 13 aromatic carbocycles. The molecule has 0 nitrogen and oxygen atoms in total. The molecule has 72 heavy (non-hydrogen) atoms. The van der Waals surface area contributed by atoms with E-state index in [4.69, 9.17) is 0 Å². The van der Waals surface area contributed by atoms with E-state index in [0.717, 1.165) is 0 Å². The van der Waals surface area contributed by atoms with Crippen molar-refractivity contribution >= 4 is 101 Å². The lowest BCUT2D eigenvalue weighted by molar-refractivity contribution is 1.66. The minimum atomic E-state index is -2.86. The van der Waals surface area contributed by atoms with Gasteiger partial charge in [-0.15, -0.1) is 0 Å². The molecule has 0 spiro atoms. The third-order valence-corrected chi connectivity index (χ3v) is 25.1. The minimum Gasteiger partial charge on any atom is -0.0623 e. The van der Waals surface area contributed by atoms with E-state index in [9.17, 15) is 0 Å². The Morgan fingerprint density at radius 3 is 0.583 bits per heavy atom. The van der Waals surface area contributed by atoms with Gasteiger partial charge in [0.15, 0.2) is 16.1 Å². The first-order valence-corrected chi connectivity index (χ1v) is 29.1. The molecule has 0 N–H and O–H groups in total. The number of rotatable bonds is 10. The highest BCUT2D eigenvalue weighted by Crippen LogP contribution is 2.46. The van der Waals surface area contributed by atoms with Crippen LogP contribution >= 0.6 is 0 Å². The fraction of sp³-hybridized carbons (Fsp3) is 0. The van der Waals surface area contributed by atoms with E-state index >= 15 is 0 Å². The first kappa shape index (κ1) is 43.4. The summed E-state index contributed by atoms with van der Waals surface area (Å²) in [6, 6.07) is 114. The van der Waals surface area contributed by atoms with Crippen LogP contribution in [0.2, 0.25) is 0 Å². The van der Waals surface area contributed by atoms with E-state index in [1.54, 1.807) is 0 Å². The molecular weight excluding hydrogens is 897 g/mol. The smallest absolute Gasteiger partial charge is 0.0623 e.